The van der Waals surface area contributed by atoms with Gasteiger partial charge in [-0.05, 0) is 25.8 Å². The summed E-state index contributed by atoms with van der Waals surface area (Å²) >= 11 is 0. The average Bonchev–Trinajstić information content (AvgIpc) is 2.90. The molecule has 2 N–H and O–H groups in total. The van der Waals surface area contributed by atoms with Crippen LogP contribution in [0.2, 0.25) is 0 Å². The van der Waals surface area contributed by atoms with Gasteiger partial charge in [0.05, 0.1) is 12.5 Å². The smallest absolute Gasteiger partial charge is 0.304 e. The van der Waals surface area contributed by atoms with Gasteiger partial charge in [0.25, 0.3) is 0 Å². The maximum absolute atomic E-state index is 10.4. The van der Waals surface area contributed by atoms with Crippen LogP contribution in [0.3, 0.4) is 0 Å². The van der Waals surface area contributed by atoms with Crippen molar-refractivity contribution in [2.75, 3.05) is 32.8 Å². The molecule has 0 aliphatic carbocycles. The number of hydrogen-bond acceptors (Lipinski definition) is 4. The Hall–Kier alpha value is -0.650. The maximum atomic E-state index is 10.4. The number of carboxylic acid groups (broad SMARTS) is 1. The lowest BCUT2D eigenvalue weighted by Crippen LogP contribution is -2.36. The largest absolute Gasteiger partial charge is 0.481 e. The summed E-state index contributed by atoms with van der Waals surface area (Å²) in [6, 6.07) is 0.454. The van der Waals surface area contributed by atoms with E-state index in [1.165, 1.54) is 12.8 Å². The van der Waals surface area contributed by atoms with E-state index in [1.807, 2.05) is 0 Å². The predicted molar refractivity (Wildman–Crippen MR) is 64.1 cm³/mol. The minimum Gasteiger partial charge on any atom is -0.481 e. The number of carbonyl (C=O) groups is 1. The van der Waals surface area contributed by atoms with Crippen LogP contribution < -0.4 is 5.32 Å². The van der Waals surface area contributed by atoms with Gasteiger partial charge in [-0.1, -0.05) is 0 Å². The molecule has 0 aromatic rings. The van der Waals surface area contributed by atoms with Crippen LogP contribution in [0.15, 0.2) is 0 Å². The topological polar surface area (TPSA) is 61.8 Å². The molecule has 2 fully saturated rings. The first kappa shape index (κ1) is 12.8. The third-order valence-electron chi connectivity index (χ3n) is 3.53. The molecule has 2 aliphatic rings. The highest BCUT2D eigenvalue weighted by Gasteiger charge is 2.26. The van der Waals surface area contributed by atoms with Crippen molar-refractivity contribution < 1.29 is 14.6 Å². The van der Waals surface area contributed by atoms with Gasteiger partial charge in [0.2, 0.25) is 0 Å². The lowest BCUT2D eigenvalue weighted by molar-refractivity contribution is -0.136. The number of carboxylic acids is 1. The highest BCUT2D eigenvalue weighted by atomic mass is 16.5. The molecule has 2 atom stereocenters. The molecule has 2 saturated heterocycles. The van der Waals surface area contributed by atoms with E-state index < -0.39 is 5.97 Å². The van der Waals surface area contributed by atoms with E-state index in [2.05, 4.69) is 10.2 Å². The molecule has 2 heterocycles. The van der Waals surface area contributed by atoms with Gasteiger partial charge in [-0.2, -0.15) is 0 Å². The summed E-state index contributed by atoms with van der Waals surface area (Å²) in [5, 5.41) is 11.9. The highest BCUT2D eigenvalue weighted by molar-refractivity contribution is 5.66. The molecular weight excluding hydrogens is 220 g/mol. The molecule has 5 nitrogen and oxygen atoms in total. The van der Waals surface area contributed by atoms with Crippen molar-refractivity contribution in [3.63, 3.8) is 0 Å². The van der Waals surface area contributed by atoms with E-state index in [0.717, 1.165) is 32.7 Å². The lowest BCUT2D eigenvalue weighted by Gasteiger charge is -2.20. The number of likely N-dealkylation sites (tertiary alicyclic amines) is 1. The summed E-state index contributed by atoms with van der Waals surface area (Å²) in [4.78, 5) is 12.8. The van der Waals surface area contributed by atoms with Crippen molar-refractivity contribution in [2.24, 2.45) is 0 Å². The first-order chi connectivity index (χ1) is 8.24. The molecule has 17 heavy (non-hydrogen) atoms. The van der Waals surface area contributed by atoms with Crippen LogP contribution in [0.25, 0.3) is 0 Å². The van der Waals surface area contributed by atoms with Crippen molar-refractivity contribution in [3.8, 4) is 0 Å². The Morgan fingerprint density at radius 3 is 3.06 bits per heavy atom. The predicted octanol–water partition coefficient (Wildman–Crippen LogP) is 0.304. The third kappa shape index (κ3) is 4.26. The van der Waals surface area contributed by atoms with Crippen LogP contribution >= 0.6 is 0 Å². The molecule has 2 unspecified atom stereocenters. The first-order valence-corrected chi connectivity index (χ1v) is 6.53. The zero-order valence-corrected chi connectivity index (χ0v) is 10.2. The Labute approximate surface area is 102 Å². The molecule has 0 spiro atoms. The van der Waals surface area contributed by atoms with Crippen LogP contribution in [-0.4, -0.2) is 60.9 Å². The standard InChI is InChI=1S/C12H22N2O3/c15-12(16)3-5-13-10-4-6-14(8-10)9-11-2-1-7-17-11/h10-11,13H,1-9H2,(H,15,16). The molecule has 0 aromatic carbocycles. The zero-order valence-electron chi connectivity index (χ0n) is 10.2. The van der Waals surface area contributed by atoms with E-state index >= 15 is 0 Å². The van der Waals surface area contributed by atoms with E-state index in [4.69, 9.17) is 9.84 Å². The summed E-state index contributed by atoms with van der Waals surface area (Å²) < 4.78 is 5.62. The van der Waals surface area contributed by atoms with Crippen molar-refractivity contribution in [3.05, 3.63) is 0 Å². The van der Waals surface area contributed by atoms with E-state index in [9.17, 15) is 4.79 Å². The van der Waals surface area contributed by atoms with Crippen LogP contribution in [0.4, 0.5) is 0 Å². The second kappa shape index (κ2) is 6.33. The fraction of sp³-hybridized carbons (Fsp3) is 0.917. The number of aliphatic carboxylic acids is 1. The van der Waals surface area contributed by atoms with Crippen LogP contribution in [-0.2, 0) is 9.53 Å². The molecule has 0 amide bonds. The normalized spacial score (nSPS) is 29.9. The Morgan fingerprint density at radius 1 is 1.47 bits per heavy atom. The number of nitrogens with one attached hydrogen (secondary N) is 1. The van der Waals surface area contributed by atoms with Crippen molar-refractivity contribution in [1.29, 1.82) is 0 Å². The second-order valence-corrected chi connectivity index (χ2v) is 4.98. The van der Waals surface area contributed by atoms with Gasteiger partial charge in [0.1, 0.15) is 0 Å². The fourth-order valence-corrected chi connectivity index (χ4v) is 2.62. The molecule has 0 bridgehead atoms. The van der Waals surface area contributed by atoms with Gasteiger partial charge in [0.15, 0.2) is 0 Å². The van der Waals surface area contributed by atoms with Crippen molar-refractivity contribution in [2.45, 2.75) is 37.8 Å². The summed E-state index contributed by atoms with van der Waals surface area (Å²) in [6.07, 6.45) is 4.13. The van der Waals surface area contributed by atoms with Crippen molar-refractivity contribution in [1.82, 2.24) is 10.2 Å². The molecule has 0 aromatic heterocycles. The minimum atomic E-state index is -0.730. The zero-order chi connectivity index (χ0) is 12.1. The molecule has 2 rings (SSSR count). The van der Waals surface area contributed by atoms with Gasteiger partial charge >= 0.3 is 5.97 Å². The quantitative estimate of drug-likeness (QED) is 0.701. The molecular formula is C12H22N2O3. The molecule has 0 radical (unpaired) electrons. The summed E-state index contributed by atoms with van der Waals surface area (Å²) in [6.45, 7) is 4.66. The van der Waals surface area contributed by atoms with Crippen molar-refractivity contribution >= 4 is 5.97 Å². The second-order valence-electron chi connectivity index (χ2n) is 4.98. The van der Waals surface area contributed by atoms with Gasteiger partial charge in [-0.25, -0.2) is 0 Å². The summed E-state index contributed by atoms with van der Waals surface area (Å²) in [7, 11) is 0. The summed E-state index contributed by atoms with van der Waals surface area (Å²) in [5.74, 6) is -0.730. The Balaban J connectivity index is 1.59. The van der Waals surface area contributed by atoms with E-state index in [0.29, 0.717) is 18.7 Å². The monoisotopic (exact) mass is 242 g/mol. The third-order valence-corrected chi connectivity index (χ3v) is 3.53. The van der Waals surface area contributed by atoms with E-state index in [1.54, 1.807) is 0 Å². The number of hydrogen-bond donors (Lipinski definition) is 2. The minimum absolute atomic E-state index is 0.211. The Bertz CT molecular complexity index is 254. The van der Waals surface area contributed by atoms with Gasteiger partial charge in [-0.15, -0.1) is 0 Å². The van der Waals surface area contributed by atoms with Gasteiger partial charge in [-0.3, -0.25) is 9.69 Å². The lowest BCUT2D eigenvalue weighted by atomic mass is 10.2. The maximum Gasteiger partial charge on any atom is 0.304 e. The molecule has 5 heteroatoms. The Morgan fingerprint density at radius 2 is 2.35 bits per heavy atom. The average molecular weight is 242 g/mol. The van der Waals surface area contributed by atoms with Crippen LogP contribution in [0.5, 0.6) is 0 Å². The molecule has 2 aliphatic heterocycles. The first-order valence-electron chi connectivity index (χ1n) is 6.53. The van der Waals surface area contributed by atoms with Gasteiger partial charge in [0, 0.05) is 32.3 Å². The van der Waals surface area contributed by atoms with Crippen LogP contribution in [0, 0.1) is 0 Å². The number of rotatable bonds is 6. The number of nitrogens with zero attached hydrogens (tertiary/aromatic N) is 1. The molecule has 98 valence electrons. The SMILES string of the molecule is O=C(O)CCNC1CCN(CC2CCCO2)C1. The van der Waals surface area contributed by atoms with E-state index in [-0.39, 0.29) is 6.42 Å². The fourth-order valence-electron chi connectivity index (χ4n) is 2.62. The Kier molecular flexibility index (Phi) is 4.76. The van der Waals surface area contributed by atoms with Crippen LogP contribution in [0.1, 0.15) is 25.7 Å². The summed E-state index contributed by atoms with van der Waals surface area (Å²) in [5.41, 5.74) is 0. The molecule has 0 saturated carbocycles. The highest BCUT2D eigenvalue weighted by Crippen LogP contribution is 2.16. The number of ether oxygens (including phenoxy) is 1. The van der Waals surface area contributed by atoms with Gasteiger partial charge < -0.3 is 15.2 Å².